The van der Waals surface area contributed by atoms with E-state index in [9.17, 15) is 9.18 Å². The van der Waals surface area contributed by atoms with Crippen molar-refractivity contribution in [3.63, 3.8) is 0 Å². The third-order valence-corrected chi connectivity index (χ3v) is 3.60. The molecule has 0 bridgehead atoms. The molecule has 0 spiro atoms. The molecule has 0 saturated heterocycles. The summed E-state index contributed by atoms with van der Waals surface area (Å²) < 4.78 is 19.9. The quantitative estimate of drug-likeness (QED) is 0.814. The van der Waals surface area contributed by atoms with Crippen LogP contribution in [0.15, 0.2) is 18.2 Å². The predicted molar refractivity (Wildman–Crippen MR) is 74.0 cm³/mol. The topological polar surface area (TPSA) is 44.1 Å². The molecular formula is C14H14ClFN2O2. The molecule has 0 amide bonds. The fourth-order valence-corrected chi connectivity index (χ4v) is 2.08. The van der Waals surface area contributed by atoms with Crippen molar-refractivity contribution < 1.29 is 13.9 Å². The number of hydrogen-bond acceptors (Lipinski definition) is 3. The van der Waals surface area contributed by atoms with Crippen molar-refractivity contribution in [1.82, 2.24) is 9.78 Å². The SMILES string of the molecule is COc1ccc(F)cc1C(=O)Cn1nc(C)c(Cl)c1C. The molecule has 106 valence electrons. The second-order valence-electron chi connectivity index (χ2n) is 4.41. The number of halogens is 2. The van der Waals surface area contributed by atoms with Crippen LogP contribution in [0.4, 0.5) is 4.39 Å². The Bertz CT molecular complexity index is 667. The molecule has 1 aromatic carbocycles. The van der Waals surface area contributed by atoms with Crippen molar-refractivity contribution >= 4 is 17.4 Å². The number of aromatic nitrogens is 2. The molecular weight excluding hydrogens is 283 g/mol. The molecule has 0 radical (unpaired) electrons. The van der Waals surface area contributed by atoms with Gasteiger partial charge in [-0.05, 0) is 32.0 Å². The molecule has 0 N–H and O–H groups in total. The molecule has 1 aromatic heterocycles. The minimum atomic E-state index is -0.486. The minimum absolute atomic E-state index is 0.0147. The molecule has 2 aromatic rings. The predicted octanol–water partition coefficient (Wildman–Crippen LogP) is 3.18. The molecule has 1 heterocycles. The van der Waals surface area contributed by atoms with Gasteiger partial charge >= 0.3 is 0 Å². The van der Waals surface area contributed by atoms with Gasteiger partial charge in [0, 0.05) is 0 Å². The highest BCUT2D eigenvalue weighted by molar-refractivity contribution is 6.31. The van der Waals surface area contributed by atoms with Crippen molar-refractivity contribution in [3.8, 4) is 5.75 Å². The maximum Gasteiger partial charge on any atom is 0.188 e. The van der Waals surface area contributed by atoms with Crippen molar-refractivity contribution in [3.05, 3.63) is 46.0 Å². The summed E-state index contributed by atoms with van der Waals surface area (Å²) in [6.07, 6.45) is 0. The summed E-state index contributed by atoms with van der Waals surface area (Å²) in [4.78, 5) is 12.3. The summed E-state index contributed by atoms with van der Waals surface area (Å²) in [5.74, 6) is -0.437. The average molecular weight is 297 g/mol. The van der Waals surface area contributed by atoms with Gasteiger partial charge in [0.1, 0.15) is 18.1 Å². The molecule has 0 aliphatic rings. The van der Waals surface area contributed by atoms with Crippen LogP contribution in [0.1, 0.15) is 21.7 Å². The van der Waals surface area contributed by atoms with Gasteiger partial charge in [0.25, 0.3) is 0 Å². The lowest BCUT2D eigenvalue weighted by atomic mass is 10.1. The number of ether oxygens (including phenoxy) is 1. The van der Waals surface area contributed by atoms with Gasteiger partial charge in [-0.25, -0.2) is 4.39 Å². The van der Waals surface area contributed by atoms with E-state index in [2.05, 4.69) is 5.10 Å². The number of carbonyl (C=O) groups excluding carboxylic acids is 1. The molecule has 4 nitrogen and oxygen atoms in total. The van der Waals surface area contributed by atoms with Crippen molar-refractivity contribution in [1.29, 1.82) is 0 Å². The van der Waals surface area contributed by atoms with E-state index in [0.29, 0.717) is 22.2 Å². The number of methoxy groups -OCH3 is 1. The first-order chi connectivity index (χ1) is 9.43. The molecule has 0 aliphatic heterocycles. The van der Waals surface area contributed by atoms with E-state index in [4.69, 9.17) is 16.3 Å². The zero-order chi connectivity index (χ0) is 14.9. The van der Waals surface area contributed by atoms with Gasteiger partial charge in [0.15, 0.2) is 5.78 Å². The molecule has 0 aliphatic carbocycles. The van der Waals surface area contributed by atoms with E-state index in [-0.39, 0.29) is 17.9 Å². The summed E-state index contributed by atoms with van der Waals surface area (Å²) >= 11 is 6.03. The molecule has 0 fully saturated rings. The molecule has 6 heteroatoms. The van der Waals surface area contributed by atoms with Crippen LogP contribution in [0.5, 0.6) is 5.75 Å². The van der Waals surface area contributed by atoms with E-state index in [1.54, 1.807) is 13.8 Å². The second kappa shape index (κ2) is 5.63. The van der Waals surface area contributed by atoms with Crippen LogP contribution >= 0.6 is 11.6 Å². The third-order valence-electron chi connectivity index (χ3n) is 3.05. The van der Waals surface area contributed by atoms with Gasteiger partial charge in [-0.15, -0.1) is 0 Å². The van der Waals surface area contributed by atoms with Crippen LogP contribution < -0.4 is 4.74 Å². The smallest absolute Gasteiger partial charge is 0.188 e. The summed E-state index contributed by atoms with van der Waals surface area (Å²) in [6.45, 7) is 3.52. The summed E-state index contributed by atoms with van der Waals surface area (Å²) in [6, 6.07) is 3.83. The molecule has 20 heavy (non-hydrogen) atoms. The number of Topliss-reactive ketones (excluding diaryl/α,β-unsaturated/α-hetero) is 1. The number of ketones is 1. The number of benzene rings is 1. The van der Waals surface area contributed by atoms with Gasteiger partial charge in [0.2, 0.25) is 0 Å². The second-order valence-corrected chi connectivity index (χ2v) is 4.79. The van der Waals surface area contributed by atoms with E-state index < -0.39 is 5.82 Å². The standard InChI is InChI=1S/C14H14ClFN2O2/c1-8-14(15)9(2)18(17-8)7-12(19)11-6-10(16)4-5-13(11)20-3/h4-6H,7H2,1-3H3. The molecule has 0 atom stereocenters. The highest BCUT2D eigenvalue weighted by atomic mass is 35.5. The Morgan fingerprint density at radius 1 is 1.45 bits per heavy atom. The van der Waals surface area contributed by atoms with Gasteiger partial charge in [-0.2, -0.15) is 5.10 Å². The summed E-state index contributed by atoms with van der Waals surface area (Å²) in [5.41, 5.74) is 1.55. The van der Waals surface area contributed by atoms with E-state index >= 15 is 0 Å². The Morgan fingerprint density at radius 2 is 2.15 bits per heavy atom. The van der Waals surface area contributed by atoms with E-state index in [1.807, 2.05) is 0 Å². The monoisotopic (exact) mass is 296 g/mol. The number of carbonyl (C=O) groups is 1. The normalized spacial score (nSPS) is 10.7. The van der Waals surface area contributed by atoms with Crippen molar-refractivity contribution in [2.75, 3.05) is 7.11 Å². The number of aryl methyl sites for hydroxylation is 1. The first-order valence-electron chi connectivity index (χ1n) is 6.00. The number of hydrogen-bond donors (Lipinski definition) is 0. The number of nitrogens with zero attached hydrogens (tertiary/aromatic N) is 2. The Morgan fingerprint density at radius 3 is 2.70 bits per heavy atom. The average Bonchev–Trinajstić information content (AvgIpc) is 2.66. The van der Waals surface area contributed by atoms with Crippen LogP contribution in [0.2, 0.25) is 5.02 Å². The largest absolute Gasteiger partial charge is 0.496 e. The van der Waals surface area contributed by atoms with E-state index in [1.165, 1.54) is 23.9 Å². The zero-order valence-corrected chi connectivity index (χ0v) is 12.2. The minimum Gasteiger partial charge on any atom is -0.496 e. The maximum atomic E-state index is 13.3. The Balaban J connectivity index is 2.32. The Hall–Kier alpha value is -1.88. The molecule has 2 rings (SSSR count). The highest BCUT2D eigenvalue weighted by Gasteiger charge is 2.17. The van der Waals surface area contributed by atoms with Gasteiger partial charge in [-0.1, -0.05) is 11.6 Å². The van der Waals surface area contributed by atoms with Crippen LogP contribution in [-0.2, 0) is 6.54 Å². The Labute approximate surface area is 121 Å². The zero-order valence-electron chi connectivity index (χ0n) is 11.4. The van der Waals surface area contributed by atoms with Crippen LogP contribution in [0.3, 0.4) is 0 Å². The third kappa shape index (κ3) is 2.67. The lowest BCUT2D eigenvalue weighted by molar-refractivity contribution is 0.0963. The van der Waals surface area contributed by atoms with Gasteiger partial charge in [-0.3, -0.25) is 9.48 Å². The lowest BCUT2D eigenvalue weighted by Crippen LogP contribution is -2.14. The van der Waals surface area contributed by atoms with Gasteiger partial charge in [0.05, 0.1) is 29.1 Å². The molecule has 0 saturated carbocycles. The lowest BCUT2D eigenvalue weighted by Gasteiger charge is -2.08. The number of rotatable bonds is 4. The first-order valence-corrected chi connectivity index (χ1v) is 6.38. The summed E-state index contributed by atoms with van der Waals surface area (Å²) in [5, 5.41) is 4.71. The fourth-order valence-electron chi connectivity index (χ4n) is 1.95. The van der Waals surface area contributed by atoms with Crippen LogP contribution in [0, 0.1) is 19.7 Å². The summed E-state index contributed by atoms with van der Waals surface area (Å²) in [7, 11) is 1.43. The van der Waals surface area contributed by atoms with Crippen molar-refractivity contribution in [2.45, 2.75) is 20.4 Å². The Kier molecular flexibility index (Phi) is 4.09. The maximum absolute atomic E-state index is 13.3. The van der Waals surface area contributed by atoms with Crippen LogP contribution in [0.25, 0.3) is 0 Å². The first kappa shape index (κ1) is 14.5. The molecule has 0 unspecified atom stereocenters. The highest BCUT2D eigenvalue weighted by Crippen LogP contribution is 2.22. The van der Waals surface area contributed by atoms with Crippen LogP contribution in [-0.4, -0.2) is 22.7 Å². The fraction of sp³-hybridized carbons (Fsp3) is 0.286. The van der Waals surface area contributed by atoms with E-state index in [0.717, 1.165) is 6.07 Å². The van der Waals surface area contributed by atoms with Gasteiger partial charge < -0.3 is 4.74 Å². The van der Waals surface area contributed by atoms with Crippen molar-refractivity contribution in [2.24, 2.45) is 0 Å².